The van der Waals surface area contributed by atoms with Crippen LogP contribution in [0.4, 0.5) is 5.69 Å². The van der Waals surface area contributed by atoms with Crippen molar-refractivity contribution in [1.82, 2.24) is 15.0 Å². The number of nitro benzene ring substituents is 1. The number of aromatic nitrogens is 3. The molecule has 1 aromatic heterocycles. The van der Waals surface area contributed by atoms with Crippen molar-refractivity contribution in [3.05, 3.63) is 46.3 Å². The first-order chi connectivity index (χ1) is 9.47. The molecule has 1 aromatic carbocycles. The second-order valence-corrected chi connectivity index (χ2v) is 4.08. The molecule has 2 rings (SSSR count). The number of carboxylic acids is 1. The molecule has 0 bridgehead atoms. The molecule has 104 valence electrons. The van der Waals surface area contributed by atoms with Crippen molar-refractivity contribution in [2.45, 2.75) is 12.5 Å². The second-order valence-electron chi connectivity index (χ2n) is 4.08. The van der Waals surface area contributed by atoms with Gasteiger partial charge in [0.1, 0.15) is 6.04 Å². The molecule has 20 heavy (non-hydrogen) atoms. The van der Waals surface area contributed by atoms with E-state index in [1.54, 1.807) is 6.07 Å². The van der Waals surface area contributed by atoms with Gasteiger partial charge in [-0.05, 0) is 6.07 Å². The lowest BCUT2D eigenvalue weighted by atomic mass is 10.2. The van der Waals surface area contributed by atoms with E-state index in [-0.39, 0.29) is 12.1 Å². The molecule has 0 amide bonds. The van der Waals surface area contributed by atoms with Crippen molar-refractivity contribution in [2.24, 2.45) is 5.73 Å². The van der Waals surface area contributed by atoms with Gasteiger partial charge in [-0.2, -0.15) is 0 Å². The first-order valence-electron chi connectivity index (χ1n) is 5.62. The molecule has 9 nitrogen and oxygen atoms in total. The van der Waals surface area contributed by atoms with Gasteiger partial charge in [0.2, 0.25) is 0 Å². The van der Waals surface area contributed by atoms with Gasteiger partial charge in [-0.25, -0.2) is 4.68 Å². The Hall–Kier alpha value is -2.81. The SMILES string of the molecule is N[C@@H](Cc1cn(-c2cccc([N+](=O)[O-])c2)nn1)C(=O)O. The molecule has 0 radical (unpaired) electrons. The summed E-state index contributed by atoms with van der Waals surface area (Å²) in [5.41, 5.74) is 6.18. The van der Waals surface area contributed by atoms with Crippen molar-refractivity contribution in [1.29, 1.82) is 0 Å². The summed E-state index contributed by atoms with van der Waals surface area (Å²) in [6.07, 6.45) is 1.52. The van der Waals surface area contributed by atoms with Gasteiger partial charge in [0.05, 0.1) is 22.5 Å². The molecule has 2 aromatic rings. The number of nitro groups is 1. The van der Waals surface area contributed by atoms with Crippen LogP contribution in [0.3, 0.4) is 0 Å². The van der Waals surface area contributed by atoms with E-state index in [9.17, 15) is 14.9 Å². The predicted octanol–water partition coefficient (Wildman–Crippen LogP) is 0.130. The summed E-state index contributed by atoms with van der Waals surface area (Å²) in [4.78, 5) is 20.8. The molecule has 0 aliphatic heterocycles. The Bertz CT molecular complexity index is 654. The molecule has 0 aliphatic carbocycles. The number of non-ortho nitro benzene ring substituents is 1. The maximum atomic E-state index is 10.7. The summed E-state index contributed by atoms with van der Waals surface area (Å²) in [7, 11) is 0. The van der Waals surface area contributed by atoms with Gasteiger partial charge in [-0.3, -0.25) is 14.9 Å². The minimum atomic E-state index is -1.13. The number of benzene rings is 1. The van der Waals surface area contributed by atoms with Gasteiger partial charge >= 0.3 is 5.97 Å². The first-order valence-corrected chi connectivity index (χ1v) is 5.62. The molecule has 0 saturated carbocycles. The number of hydrogen-bond donors (Lipinski definition) is 2. The number of nitrogens with two attached hydrogens (primary N) is 1. The molecule has 1 heterocycles. The van der Waals surface area contributed by atoms with Crippen LogP contribution in [-0.4, -0.2) is 37.0 Å². The zero-order chi connectivity index (χ0) is 14.7. The zero-order valence-corrected chi connectivity index (χ0v) is 10.2. The third kappa shape index (κ3) is 2.95. The smallest absolute Gasteiger partial charge is 0.320 e. The summed E-state index contributed by atoms with van der Waals surface area (Å²) in [5.74, 6) is -1.13. The Morgan fingerprint density at radius 1 is 1.55 bits per heavy atom. The molecule has 0 spiro atoms. The van der Waals surface area contributed by atoms with E-state index in [1.165, 1.54) is 29.1 Å². The number of aliphatic carboxylic acids is 1. The maximum Gasteiger partial charge on any atom is 0.320 e. The van der Waals surface area contributed by atoms with Crippen molar-refractivity contribution in [2.75, 3.05) is 0 Å². The van der Waals surface area contributed by atoms with Crippen LogP contribution < -0.4 is 5.73 Å². The number of hydrogen-bond acceptors (Lipinski definition) is 6. The topological polar surface area (TPSA) is 137 Å². The second kappa shape index (κ2) is 5.45. The Morgan fingerprint density at radius 2 is 2.30 bits per heavy atom. The molecule has 0 saturated heterocycles. The predicted molar refractivity (Wildman–Crippen MR) is 67.3 cm³/mol. The summed E-state index contributed by atoms with van der Waals surface area (Å²) in [5, 5.41) is 27.0. The highest BCUT2D eigenvalue weighted by Crippen LogP contribution is 2.16. The lowest BCUT2D eigenvalue weighted by molar-refractivity contribution is -0.384. The van der Waals surface area contributed by atoms with Crippen LogP contribution in [0.2, 0.25) is 0 Å². The molecule has 9 heteroatoms. The lowest BCUT2D eigenvalue weighted by Crippen LogP contribution is -2.32. The quantitative estimate of drug-likeness (QED) is 0.585. The van der Waals surface area contributed by atoms with Crippen LogP contribution >= 0.6 is 0 Å². The van der Waals surface area contributed by atoms with E-state index in [0.29, 0.717) is 11.4 Å². The number of nitrogens with zero attached hydrogens (tertiary/aromatic N) is 4. The largest absolute Gasteiger partial charge is 0.480 e. The van der Waals surface area contributed by atoms with Gasteiger partial charge in [-0.1, -0.05) is 11.3 Å². The minimum absolute atomic E-state index is 0.0320. The third-order valence-electron chi connectivity index (χ3n) is 2.59. The fraction of sp³-hybridized carbons (Fsp3) is 0.182. The standard InChI is InChI=1S/C11H11N5O4/c12-10(11(17)18)4-7-6-15(14-13-7)8-2-1-3-9(5-8)16(19)20/h1-3,5-6,10H,4,12H2,(H,17,18)/t10-/m0/s1. The highest BCUT2D eigenvalue weighted by atomic mass is 16.6. The van der Waals surface area contributed by atoms with Crippen molar-refractivity contribution in [3.8, 4) is 5.69 Å². The Balaban J connectivity index is 2.22. The number of carbonyl (C=O) groups is 1. The minimum Gasteiger partial charge on any atom is -0.480 e. The molecule has 1 atom stereocenters. The fourth-order valence-corrected chi connectivity index (χ4v) is 1.58. The van der Waals surface area contributed by atoms with Crippen molar-refractivity contribution in [3.63, 3.8) is 0 Å². The zero-order valence-electron chi connectivity index (χ0n) is 10.2. The van der Waals surface area contributed by atoms with E-state index in [2.05, 4.69) is 10.3 Å². The van der Waals surface area contributed by atoms with Crippen LogP contribution in [0.5, 0.6) is 0 Å². The van der Waals surface area contributed by atoms with Gasteiger partial charge < -0.3 is 10.8 Å². The summed E-state index contributed by atoms with van der Waals surface area (Å²) in [6.45, 7) is 0. The monoisotopic (exact) mass is 277 g/mol. The number of carboxylic acid groups (broad SMARTS) is 1. The fourth-order valence-electron chi connectivity index (χ4n) is 1.58. The molecule has 3 N–H and O–H groups in total. The average Bonchev–Trinajstić information content (AvgIpc) is 2.87. The summed E-state index contributed by atoms with van der Waals surface area (Å²) in [6, 6.07) is 4.79. The molecule has 0 fully saturated rings. The van der Waals surface area contributed by atoms with E-state index in [0.717, 1.165) is 0 Å². The summed E-state index contributed by atoms with van der Waals surface area (Å²) >= 11 is 0. The van der Waals surface area contributed by atoms with Gasteiger partial charge in [0, 0.05) is 18.6 Å². The average molecular weight is 277 g/mol. The van der Waals surface area contributed by atoms with Crippen LogP contribution in [0.1, 0.15) is 5.69 Å². The van der Waals surface area contributed by atoms with E-state index in [1.807, 2.05) is 0 Å². The Kier molecular flexibility index (Phi) is 3.71. The van der Waals surface area contributed by atoms with Crippen LogP contribution in [0.15, 0.2) is 30.5 Å². The van der Waals surface area contributed by atoms with Crippen LogP contribution in [0, 0.1) is 10.1 Å². The van der Waals surface area contributed by atoms with Crippen molar-refractivity contribution >= 4 is 11.7 Å². The third-order valence-corrected chi connectivity index (χ3v) is 2.59. The van der Waals surface area contributed by atoms with Crippen molar-refractivity contribution < 1.29 is 14.8 Å². The summed E-state index contributed by atoms with van der Waals surface area (Å²) < 4.78 is 1.33. The van der Waals surface area contributed by atoms with E-state index < -0.39 is 16.9 Å². The molecule has 0 aliphatic rings. The lowest BCUT2D eigenvalue weighted by Gasteiger charge is -2.01. The molecular weight excluding hydrogens is 266 g/mol. The van der Waals surface area contributed by atoms with Crippen LogP contribution in [0.25, 0.3) is 5.69 Å². The first kappa shape index (κ1) is 13.6. The molecular formula is C11H11N5O4. The highest BCUT2D eigenvalue weighted by molar-refractivity contribution is 5.73. The molecule has 0 unspecified atom stereocenters. The van der Waals surface area contributed by atoms with Gasteiger partial charge in [0.15, 0.2) is 0 Å². The Labute approximate surface area is 112 Å². The Morgan fingerprint density at radius 3 is 2.95 bits per heavy atom. The van der Waals surface area contributed by atoms with Gasteiger partial charge in [0.25, 0.3) is 5.69 Å². The van der Waals surface area contributed by atoms with E-state index in [4.69, 9.17) is 10.8 Å². The number of rotatable bonds is 5. The van der Waals surface area contributed by atoms with Gasteiger partial charge in [-0.15, -0.1) is 5.10 Å². The van der Waals surface area contributed by atoms with E-state index >= 15 is 0 Å². The maximum absolute atomic E-state index is 10.7. The van der Waals surface area contributed by atoms with Crippen LogP contribution in [-0.2, 0) is 11.2 Å². The highest BCUT2D eigenvalue weighted by Gasteiger charge is 2.15. The normalized spacial score (nSPS) is 12.1.